The Morgan fingerprint density at radius 1 is 1.11 bits per heavy atom. The molecule has 0 aromatic carbocycles. The molecule has 0 saturated heterocycles. The highest BCUT2D eigenvalue weighted by atomic mass is 14.9. The Labute approximate surface area is 120 Å². The Hall–Kier alpha value is -0.460. The van der Waals surface area contributed by atoms with Crippen molar-refractivity contribution in [2.24, 2.45) is 23.7 Å². The zero-order chi connectivity index (χ0) is 13.7. The zero-order valence-corrected chi connectivity index (χ0v) is 13.3. The van der Waals surface area contributed by atoms with Crippen LogP contribution in [-0.4, -0.2) is 7.05 Å². The lowest BCUT2D eigenvalue weighted by Gasteiger charge is -2.21. The molecule has 0 spiro atoms. The fourth-order valence-electron chi connectivity index (χ4n) is 4.29. The van der Waals surface area contributed by atoms with Gasteiger partial charge in [0.15, 0.2) is 0 Å². The van der Waals surface area contributed by atoms with E-state index in [-0.39, 0.29) is 0 Å². The van der Waals surface area contributed by atoms with E-state index in [0.717, 1.165) is 23.7 Å². The highest BCUT2D eigenvalue weighted by molar-refractivity contribution is 5.16. The van der Waals surface area contributed by atoms with Crippen molar-refractivity contribution in [3.8, 4) is 0 Å². The van der Waals surface area contributed by atoms with Gasteiger partial charge < -0.3 is 5.32 Å². The van der Waals surface area contributed by atoms with Gasteiger partial charge >= 0.3 is 0 Å². The lowest BCUT2D eigenvalue weighted by atomic mass is 9.85. The molecule has 0 aromatic rings. The molecule has 2 aliphatic carbocycles. The molecule has 2 rings (SSSR count). The lowest BCUT2D eigenvalue weighted by Crippen LogP contribution is -2.09. The number of allylic oxidation sites excluding steroid dienone is 2. The number of unbranched alkanes of at least 4 members (excludes halogenated alkanes) is 1. The van der Waals surface area contributed by atoms with Crippen molar-refractivity contribution in [2.45, 2.75) is 71.6 Å². The smallest absolute Gasteiger partial charge is 0.00979 e. The number of hydrogen-bond acceptors (Lipinski definition) is 1. The molecule has 2 fully saturated rings. The molecule has 2 aliphatic rings. The first-order valence-electron chi connectivity index (χ1n) is 8.62. The van der Waals surface area contributed by atoms with Crippen LogP contribution in [0.5, 0.6) is 0 Å². The van der Waals surface area contributed by atoms with Gasteiger partial charge in [-0.1, -0.05) is 64.4 Å². The minimum absolute atomic E-state index is 0.838. The van der Waals surface area contributed by atoms with Gasteiger partial charge in [-0.15, -0.1) is 0 Å². The van der Waals surface area contributed by atoms with E-state index in [2.05, 4.69) is 32.3 Å². The second-order valence-electron chi connectivity index (χ2n) is 6.83. The molecule has 1 N–H and O–H groups in total. The predicted octanol–water partition coefficient (Wildman–Crippen LogP) is 5.13. The van der Waals surface area contributed by atoms with E-state index in [0.29, 0.717) is 0 Å². The second kappa shape index (κ2) is 7.36. The highest BCUT2D eigenvalue weighted by Crippen LogP contribution is 2.52. The van der Waals surface area contributed by atoms with Gasteiger partial charge in [-0.05, 0) is 31.1 Å². The van der Waals surface area contributed by atoms with Crippen LogP contribution in [0.2, 0.25) is 0 Å². The standard InChI is InChI=1S/C18H33N/c1-4-17(19-3)18-14(2)16(18)13-9-8-12-15-10-6-5-7-11-15/h4,14-16,18-19H,5-13H2,1-3H3/b17-4-. The number of hydrogen-bond donors (Lipinski definition) is 1. The third kappa shape index (κ3) is 4.00. The molecule has 0 radical (unpaired) electrons. The molecule has 0 heterocycles. The minimum Gasteiger partial charge on any atom is -0.391 e. The number of rotatable bonds is 7. The first-order valence-corrected chi connectivity index (χ1v) is 8.62. The summed E-state index contributed by atoms with van der Waals surface area (Å²) < 4.78 is 0. The first kappa shape index (κ1) is 14.9. The van der Waals surface area contributed by atoms with E-state index >= 15 is 0 Å². The minimum atomic E-state index is 0.838. The van der Waals surface area contributed by atoms with Crippen molar-refractivity contribution in [2.75, 3.05) is 7.05 Å². The summed E-state index contributed by atoms with van der Waals surface area (Å²) in [5.41, 5.74) is 1.48. The average Bonchev–Trinajstić information content (AvgIpc) is 3.08. The monoisotopic (exact) mass is 263 g/mol. The van der Waals surface area contributed by atoms with Gasteiger partial charge in [-0.25, -0.2) is 0 Å². The topological polar surface area (TPSA) is 12.0 Å². The maximum Gasteiger partial charge on any atom is 0.00979 e. The van der Waals surface area contributed by atoms with Gasteiger partial charge in [0.2, 0.25) is 0 Å². The first-order chi connectivity index (χ1) is 9.27. The predicted molar refractivity (Wildman–Crippen MR) is 84.0 cm³/mol. The zero-order valence-electron chi connectivity index (χ0n) is 13.3. The summed E-state index contributed by atoms with van der Waals surface area (Å²) in [6, 6.07) is 0. The summed E-state index contributed by atoms with van der Waals surface area (Å²) in [6.07, 6.45) is 15.7. The SMILES string of the molecule is C/C=C(\NC)C1C(C)C1CCCCC1CCCCC1. The molecule has 19 heavy (non-hydrogen) atoms. The van der Waals surface area contributed by atoms with Gasteiger partial charge in [-0.2, -0.15) is 0 Å². The quantitative estimate of drug-likeness (QED) is 0.628. The highest BCUT2D eigenvalue weighted by Gasteiger charge is 2.47. The van der Waals surface area contributed by atoms with Gasteiger partial charge in [0.05, 0.1) is 0 Å². The lowest BCUT2D eigenvalue weighted by molar-refractivity contribution is 0.327. The Kier molecular flexibility index (Phi) is 5.78. The molecular weight excluding hydrogens is 230 g/mol. The van der Waals surface area contributed by atoms with Gasteiger partial charge in [0.1, 0.15) is 0 Å². The van der Waals surface area contributed by atoms with E-state index < -0.39 is 0 Å². The van der Waals surface area contributed by atoms with Crippen molar-refractivity contribution < 1.29 is 0 Å². The summed E-state index contributed by atoms with van der Waals surface area (Å²) in [5.74, 6) is 3.78. The molecule has 0 amide bonds. The van der Waals surface area contributed by atoms with Crippen molar-refractivity contribution in [1.82, 2.24) is 5.32 Å². The summed E-state index contributed by atoms with van der Waals surface area (Å²) in [5, 5.41) is 3.38. The Morgan fingerprint density at radius 2 is 1.79 bits per heavy atom. The van der Waals surface area contributed by atoms with Gasteiger partial charge in [0, 0.05) is 18.7 Å². The summed E-state index contributed by atoms with van der Waals surface area (Å²) in [4.78, 5) is 0. The van der Waals surface area contributed by atoms with Gasteiger partial charge in [-0.3, -0.25) is 0 Å². The van der Waals surface area contributed by atoms with Crippen molar-refractivity contribution in [1.29, 1.82) is 0 Å². The van der Waals surface area contributed by atoms with Crippen LogP contribution in [0.1, 0.15) is 71.6 Å². The average molecular weight is 263 g/mol. The van der Waals surface area contributed by atoms with Crippen LogP contribution in [-0.2, 0) is 0 Å². The Morgan fingerprint density at radius 3 is 2.42 bits per heavy atom. The van der Waals surface area contributed by atoms with Crippen LogP contribution in [0.4, 0.5) is 0 Å². The van der Waals surface area contributed by atoms with Crippen LogP contribution >= 0.6 is 0 Å². The molecule has 110 valence electrons. The molecular formula is C18H33N. The Balaban J connectivity index is 1.59. The summed E-state index contributed by atoms with van der Waals surface area (Å²) in [6.45, 7) is 4.59. The van der Waals surface area contributed by atoms with Crippen LogP contribution in [0.25, 0.3) is 0 Å². The van der Waals surface area contributed by atoms with Crippen LogP contribution in [0.15, 0.2) is 11.8 Å². The molecule has 0 bridgehead atoms. The summed E-state index contributed by atoms with van der Waals surface area (Å²) >= 11 is 0. The maximum atomic E-state index is 3.38. The molecule has 0 aromatic heterocycles. The van der Waals surface area contributed by atoms with Gasteiger partial charge in [0.25, 0.3) is 0 Å². The second-order valence-corrected chi connectivity index (χ2v) is 6.83. The van der Waals surface area contributed by atoms with E-state index in [4.69, 9.17) is 0 Å². The normalized spacial score (nSPS) is 32.4. The van der Waals surface area contributed by atoms with E-state index in [9.17, 15) is 0 Å². The van der Waals surface area contributed by atoms with Crippen LogP contribution in [0.3, 0.4) is 0 Å². The largest absolute Gasteiger partial charge is 0.391 e. The third-order valence-corrected chi connectivity index (χ3v) is 5.65. The number of nitrogens with one attached hydrogen (secondary N) is 1. The third-order valence-electron chi connectivity index (χ3n) is 5.65. The Bertz CT molecular complexity index is 288. The summed E-state index contributed by atoms with van der Waals surface area (Å²) in [7, 11) is 2.07. The van der Waals surface area contributed by atoms with Crippen molar-refractivity contribution >= 4 is 0 Å². The van der Waals surface area contributed by atoms with E-state index in [1.165, 1.54) is 63.5 Å². The molecule has 3 atom stereocenters. The molecule has 1 nitrogen and oxygen atoms in total. The molecule has 2 saturated carbocycles. The van der Waals surface area contributed by atoms with Crippen molar-refractivity contribution in [3.05, 3.63) is 11.8 Å². The fourth-order valence-corrected chi connectivity index (χ4v) is 4.29. The maximum absolute atomic E-state index is 3.38. The van der Waals surface area contributed by atoms with Crippen LogP contribution in [0, 0.1) is 23.7 Å². The molecule has 0 aliphatic heterocycles. The van der Waals surface area contributed by atoms with Crippen molar-refractivity contribution in [3.63, 3.8) is 0 Å². The van der Waals surface area contributed by atoms with Crippen LogP contribution < -0.4 is 5.32 Å². The molecule has 1 heteroatoms. The van der Waals surface area contributed by atoms with E-state index in [1.54, 1.807) is 0 Å². The van der Waals surface area contributed by atoms with E-state index in [1.807, 2.05) is 0 Å². The fraction of sp³-hybridized carbons (Fsp3) is 0.889. The molecule has 3 unspecified atom stereocenters.